The van der Waals surface area contributed by atoms with Crippen molar-refractivity contribution in [3.05, 3.63) is 24.0 Å². The van der Waals surface area contributed by atoms with Gasteiger partial charge in [0.25, 0.3) is 0 Å². The van der Waals surface area contributed by atoms with Crippen LogP contribution in [0.25, 0.3) is 0 Å². The molecule has 0 aromatic carbocycles. The van der Waals surface area contributed by atoms with Gasteiger partial charge in [0.15, 0.2) is 0 Å². The lowest BCUT2D eigenvalue weighted by Crippen LogP contribution is -2.20. The predicted molar refractivity (Wildman–Crippen MR) is 41.6 cm³/mol. The summed E-state index contributed by atoms with van der Waals surface area (Å²) in [4.78, 5) is 0. The van der Waals surface area contributed by atoms with Crippen molar-refractivity contribution in [1.82, 2.24) is 0 Å². The van der Waals surface area contributed by atoms with E-state index in [1.165, 1.54) is 0 Å². The first kappa shape index (κ1) is 7.35. The van der Waals surface area contributed by atoms with Crippen LogP contribution in [0.3, 0.4) is 0 Å². The molecule has 0 saturated heterocycles. The van der Waals surface area contributed by atoms with Crippen LogP contribution in [0.5, 0.6) is 0 Å². The van der Waals surface area contributed by atoms with E-state index in [4.69, 9.17) is 10.8 Å². The van der Waals surface area contributed by atoms with Crippen molar-refractivity contribution in [1.29, 1.82) is 0 Å². The molecule has 0 aromatic heterocycles. The van der Waals surface area contributed by atoms with Gasteiger partial charge in [0.1, 0.15) is 5.76 Å². The normalized spacial score (nSPS) is 32.0. The van der Waals surface area contributed by atoms with Gasteiger partial charge in [-0.1, -0.05) is 13.0 Å². The summed E-state index contributed by atoms with van der Waals surface area (Å²) in [6, 6.07) is 0. The fourth-order valence-electron chi connectivity index (χ4n) is 1.14. The lowest BCUT2D eigenvalue weighted by atomic mass is 9.90. The summed E-state index contributed by atoms with van der Waals surface area (Å²) in [6.07, 6.45) is 5.50. The molecule has 0 saturated carbocycles. The molecule has 2 nitrogen and oxygen atoms in total. The second-order valence-corrected chi connectivity index (χ2v) is 2.71. The summed E-state index contributed by atoms with van der Waals surface area (Å²) in [5, 5.41) is 9.03. The molecule has 10 heavy (non-hydrogen) atoms. The molecule has 1 rings (SSSR count). The molecular formula is C8H13NO. The standard InChI is InChI=1S/C8H13NO/c1-6-4-8(10)3-2-7(6)5-9/h2-4,6-7,10H,5,9H2,1H3/t6-,7-/m0/s1. The average Bonchev–Trinajstić information content (AvgIpc) is 1.88. The van der Waals surface area contributed by atoms with Crippen LogP contribution in [-0.2, 0) is 0 Å². The highest BCUT2D eigenvalue weighted by Gasteiger charge is 2.13. The smallest absolute Gasteiger partial charge is 0.111 e. The summed E-state index contributed by atoms with van der Waals surface area (Å²) in [7, 11) is 0. The van der Waals surface area contributed by atoms with E-state index in [1.807, 2.05) is 12.2 Å². The van der Waals surface area contributed by atoms with Gasteiger partial charge in [-0.15, -0.1) is 0 Å². The van der Waals surface area contributed by atoms with Crippen LogP contribution >= 0.6 is 0 Å². The number of hydrogen-bond acceptors (Lipinski definition) is 2. The zero-order valence-electron chi connectivity index (χ0n) is 6.12. The Morgan fingerprint density at radius 1 is 1.70 bits per heavy atom. The first-order chi connectivity index (χ1) is 4.74. The lowest BCUT2D eigenvalue weighted by Gasteiger charge is -2.18. The summed E-state index contributed by atoms with van der Waals surface area (Å²) in [5.41, 5.74) is 5.48. The van der Waals surface area contributed by atoms with Crippen LogP contribution in [0.15, 0.2) is 24.0 Å². The van der Waals surface area contributed by atoms with Crippen molar-refractivity contribution >= 4 is 0 Å². The Labute approximate surface area is 61.0 Å². The van der Waals surface area contributed by atoms with Crippen LogP contribution in [-0.4, -0.2) is 11.7 Å². The maximum absolute atomic E-state index is 9.03. The molecule has 0 aromatic rings. The van der Waals surface area contributed by atoms with E-state index in [1.54, 1.807) is 6.08 Å². The van der Waals surface area contributed by atoms with Crippen molar-refractivity contribution in [2.45, 2.75) is 6.92 Å². The lowest BCUT2D eigenvalue weighted by molar-refractivity contribution is 0.402. The highest BCUT2D eigenvalue weighted by molar-refractivity contribution is 5.19. The third-order valence-corrected chi connectivity index (χ3v) is 1.90. The minimum absolute atomic E-state index is 0.359. The SMILES string of the molecule is C[C@H]1C=C(O)C=C[C@H]1CN. The van der Waals surface area contributed by atoms with E-state index in [0.29, 0.717) is 24.1 Å². The minimum Gasteiger partial charge on any atom is -0.508 e. The van der Waals surface area contributed by atoms with Gasteiger partial charge in [-0.05, 0) is 30.5 Å². The van der Waals surface area contributed by atoms with E-state index in [9.17, 15) is 0 Å². The monoisotopic (exact) mass is 139 g/mol. The zero-order chi connectivity index (χ0) is 7.56. The molecule has 0 amide bonds. The second kappa shape index (κ2) is 2.88. The van der Waals surface area contributed by atoms with Gasteiger partial charge in [-0.3, -0.25) is 0 Å². The van der Waals surface area contributed by atoms with Crippen LogP contribution < -0.4 is 5.73 Å². The molecule has 0 bridgehead atoms. The molecule has 0 radical (unpaired) electrons. The number of nitrogens with two attached hydrogens (primary N) is 1. The molecular weight excluding hydrogens is 126 g/mol. The number of hydrogen-bond donors (Lipinski definition) is 2. The number of allylic oxidation sites excluding steroid dienone is 2. The Balaban J connectivity index is 2.64. The molecule has 0 spiro atoms. The molecule has 3 N–H and O–H groups in total. The van der Waals surface area contributed by atoms with Crippen molar-refractivity contribution < 1.29 is 5.11 Å². The molecule has 2 heteroatoms. The molecule has 0 aliphatic heterocycles. The Bertz CT molecular complexity index is 172. The highest BCUT2D eigenvalue weighted by Crippen LogP contribution is 2.19. The van der Waals surface area contributed by atoms with Crippen LogP contribution in [0.1, 0.15) is 6.92 Å². The van der Waals surface area contributed by atoms with E-state index >= 15 is 0 Å². The van der Waals surface area contributed by atoms with Gasteiger partial charge >= 0.3 is 0 Å². The second-order valence-electron chi connectivity index (χ2n) is 2.71. The molecule has 0 fully saturated rings. The summed E-state index contributed by atoms with van der Waals surface area (Å²) < 4.78 is 0. The summed E-state index contributed by atoms with van der Waals surface area (Å²) in [6.45, 7) is 2.71. The van der Waals surface area contributed by atoms with E-state index in [-0.39, 0.29) is 0 Å². The molecule has 1 aliphatic rings. The zero-order valence-corrected chi connectivity index (χ0v) is 6.12. The van der Waals surface area contributed by atoms with Gasteiger partial charge < -0.3 is 10.8 Å². The maximum Gasteiger partial charge on any atom is 0.111 e. The van der Waals surface area contributed by atoms with Gasteiger partial charge in [0, 0.05) is 0 Å². The summed E-state index contributed by atoms with van der Waals surface area (Å²) in [5.74, 6) is 1.13. The van der Waals surface area contributed by atoms with Crippen LogP contribution in [0.4, 0.5) is 0 Å². The number of aliphatic hydroxyl groups is 1. The Kier molecular flexibility index (Phi) is 2.12. The highest BCUT2D eigenvalue weighted by atomic mass is 16.3. The van der Waals surface area contributed by atoms with Gasteiger partial charge in [-0.25, -0.2) is 0 Å². The van der Waals surface area contributed by atoms with Gasteiger partial charge in [0.2, 0.25) is 0 Å². The van der Waals surface area contributed by atoms with E-state index in [2.05, 4.69) is 6.92 Å². The fourth-order valence-corrected chi connectivity index (χ4v) is 1.14. The Hall–Kier alpha value is -0.760. The number of rotatable bonds is 1. The van der Waals surface area contributed by atoms with Crippen molar-refractivity contribution in [3.63, 3.8) is 0 Å². The van der Waals surface area contributed by atoms with Crippen LogP contribution in [0, 0.1) is 11.8 Å². The Morgan fingerprint density at radius 2 is 2.40 bits per heavy atom. The quantitative estimate of drug-likeness (QED) is 0.573. The molecule has 0 heterocycles. The minimum atomic E-state index is 0.359. The topological polar surface area (TPSA) is 46.2 Å². The van der Waals surface area contributed by atoms with Crippen molar-refractivity contribution in [2.75, 3.05) is 6.54 Å². The Morgan fingerprint density at radius 3 is 2.90 bits per heavy atom. The number of aliphatic hydroxyl groups excluding tert-OH is 1. The first-order valence-corrected chi connectivity index (χ1v) is 3.53. The van der Waals surface area contributed by atoms with Gasteiger partial charge in [-0.2, -0.15) is 0 Å². The van der Waals surface area contributed by atoms with Gasteiger partial charge in [0.05, 0.1) is 0 Å². The third kappa shape index (κ3) is 1.39. The van der Waals surface area contributed by atoms with E-state index in [0.717, 1.165) is 0 Å². The third-order valence-electron chi connectivity index (χ3n) is 1.90. The molecule has 56 valence electrons. The fraction of sp³-hybridized carbons (Fsp3) is 0.500. The molecule has 0 unspecified atom stereocenters. The molecule has 1 aliphatic carbocycles. The van der Waals surface area contributed by atoms with Crippen molar-refractivity contribution in [2.24, 2.45) is 17.6 Å². The predicted octanol–water partition coefficient (Wildman–Crippen LogP) is 1.21. The first-order valence-electron chi connectivity index (χ1n) is 3.53. The summed E-state index contributed by atoms with van der Waals surface area (Å²) >= 11 is 0. The van der Waals surface area contributed by atoms with E-state index < -0.39 is 0 Å². The van der Waals surface area contributed by atoms with Crippen LogP contribution in [0.2, 0.25) is 0 Å². The largest absolute Gasteiger partial charge is 0.508 e. The van der Waals surface area contributed by atoms with Crippen molar-refractivity contribution in [3.8, 4) is 0 Å². The maximum atomic E-state index is 9.03. The molecule has 2 atom stereocenters. The average molecular weight is 139 g/mol.